The summed E-state index contributed by atoms with van der Waals surface area (Å²) < 4.78 is 0. The standard InChI is InChI=1S/C24H46O4.Na.H/c1-3-5-7-9-10-11-12-13-15-17-19-21(18-16-14-8-6-4-2)20-22(23(25)26)24(27)28;;/h21-22H,3-20H2,1-2H3,(H,25,26)(H,27,28);;. The molecule has 0 saturated heterocycles. The molecule has 0 aromatic heterocycles. The number of hydrogen-bond donors (Lipinski definition) is 2. The molecule has 0 radical (unpaired) electrons. The van der Waals surface area contributed by atoms with Crippen molar-refractivity contribution >= 4 is 41.5 Å². The predicted octanol–water partition coefficient (Wildman–Crippen LogP) is 6.80. The van der Waals surface area contributed by atoms with E-state index < -0.39 is 17.9 Å². The number of carbonyl (C=O) groups is 2. The van der Waals surface area contributed by atoms with Crippen LogP contribution in [0, 0.1) is 11.8 Å². The fourth-order valence-electron chi connectivity index (χ4n) is 3.98. The van der Waals surface area contributed by atoms with E-state index in [9.17, 15) is 19.8 Å². The van der Waals surface area contributed by atoms with Crippen LogP contribution in [0.15, 0.2) is 0 Å². The minimum atomic E-state index is -1.25. The molecule has 1 atom stereocenters. The van der Waals surface area contributed by atoms with E-state index in [-0.39, 0.29) is 41.9 Å². The zero-order chi connectivity index (χ0) is 21.0. The normalized spacial score (nSPS) is 12.0. The van der Waals surface area contributed by atoms with E-state index >= 15 is 0 Å². The van der Waals surface area contributed by atoms with Gasteiger partial charge in [-0.2, -0.15) is 0 Å². The van der Waals surface area contributed by atoms with Crippen LogP contribution in [0.3, 0.4) is 0 Å². The summed E-state index contributed by atoms with van der Waals surface area (Å²) in [6, 6.07) is 0. The Kier molecular flexibility index (Phi) is 24.3. The average Bonchev–Trinajstić information content (AvgIpc) is 2.65. The van der Waals surface area contributed by atoms with Gasteiger partial charge in [0.2, 0.25) is 0 Å². The Morgan fingerprint density at radius 2 is 0.897 bits per heavy atom. The maximum atomic E-state index is 11.3. The molecule has 0 aliphatic carbocycles. The van der Waals surface area contributed by atoms with E-state index in [2.05, 4.69) is 13.8 Å². The van der Waals surface area contributed by atoms with Crippen molar-refractivity contribution in [1.82, 2.24) is 0 Å². The number of aliphatic carboxylic acids is 2. The van der Waals surface area contributed by atoms with Crippen LogP contribution >= 0.6 is 0 Å². The molecular formula is C24H47NaO4. The molecule has 0 fully saturated rings. The summed E-state index contributed by atoms with van der Waals surface area (Å²) in [5.41, 5.74) is 0. The molecule has 168 valence electrons. The van der Waals surface area contributed by atoms with Crippen LogP contribution in [-0.2, 0) is 9.59 Å². The van der Waals surface area contributed by atoms with E-state index in [0.29, 0.717) is 0 Å². The number of hydrogen-bond acceptors (Lipinski definition) is 2. The van der Waals surface area contributed by atoms with Gasteiger partial charge < -0.3 is 10.2 Å². The van der Waals surface area contributed by atoms with Gasteiger partial charge in [0.15, 0.2) is 5.92 Å². The first-order valence-corrected chi connectivity index (χ1v) is 12.0. The molecule has 0 aromatic carbocycles. The Morgan fingerprint density at radius 3 is 1.21 bits per heavy atom. The van der Waals surface area contributed by atoms with Crippen LogP contribution in [-0.4, -0.2) is 51.7 Å². The van der Waals surface area contributed by atoms with E-state index in [4.69, 9.17) is 0 Å². The Morgan fingerprint density at radius 1 is 0.586 bits per heavy atom. The van der Waals surface area contributed by atoms with Gasteiger partial charge in [0.1, 0.15) is 0 Å². The van der Waals surface area contributed by atoms with E-state index in [1.165, 1.54) is 83.5 Å². The molecule has 0 aliphatic rings. The summed E-state index contributed by atoms with van der Waals surface area (Å²) in [6.45, 7) is 4.44. The average molecular weight is 423 g/mol. The third-order valence-electron chi connectivity index (χ3n) is 5.85. The van der Waals surface area contributed by atoms with E-state index in [1.54, 1.807) is 0 Å². The van der Waals surface area contributed by atoms with E-state index in [1.807, 2.05) is 0 Å². The van der Waals surface area contributed by atoms with Crippen LogP contribution in [0.1, 0.15) is 129 Å². The van der Waals surface area contributed by atoms with Gasteiger partial charge in [-0.1, -0.05) is 123 Å². The molecular weight excluding hydrogens is 375 g/mol. The number of carboxylic acid groups (broad SMARTS) is 2. The van der Waals surface area contributed by atoms with Gasteiger partial charge in [0.05, 0.1) is 0 Å². The Bertz CT molecular complexity index is 373. The molecule has 0 aliphatic heterocycles. The molecule has 5 heteroatoms. The van der Waals surface area contributed by atoms with Gasteiger partial charge in [-0.05, 0) is 12.3 Å². The third kappa shape index (κ3) is 19.6. The summed E-state index contributed by atoms with van der Waals surface area (Å²) in [6.07, 6.45) is 21.1. The van der Waals surface area contributed by atoms with Crippen molar-refractivity contribution in [2.24, 2.45) is 11.8 Å². The molecule has 0 amide bonds. The van der Waals surface area contributed by atoms with Crippen molar-refractivity contribution in [3.05, 3.63) is 0 Å². The maximum absolute atomic E-state index is 11.3. The monoisotopic (exact) mass is 422 g/mol. The van der Waals surface area contributed by atoms with Gasteiger partial charge in [-0.15, -0.1) is 0 Å². The molecule has 2 N–H and O–H groups in total. The Hall–Kier alpha value is -0.0600. The molecule has 0 bridgehead atoms. The van der Waals surface area contributed by atoms with Gasteiger partial charge >= 0.3 is 41.5 Å². The summed E-state index contributed by atoms with van der Waals surface area (Å²) in [7, 11) is 0. The second-order valence-corrected chi connectivity index (χ2v) is 8.50. The Balaban J connectivity index is 0. The molecule has 29 heavy (non-hydrogen) atoms. The fourth-order valence-corrected chi connectivity index (χ4v) is 3.98. The fraction of sp³-hybridized carbons (Fsp3) is 0.917. The molecule has 0 rings (SSSR count). The molecule has 4 nitrogen and oxygen atoms in total. The first-order chi connectivity index (χ1) is 13.5. The van der Waals surface area contributed by atoms with Crippen molar-refractivity contribution in [2.45, 2.75) is 129 Å². The van der Waals surface area contributed by atoms with Crippen molar-refractivity contribution in [3.8, 4) is 0 Å². The van der Waals surface area contributed by atoms with Crippen LogP contribution in [0.4, 0.5) is 0 Å². The minimum absolute atomic E-state index is 0. The van der Waals surface area contributed by atoms with Gasteiger partial charge in [-0.3, -0.25) is 9.59 Å². The zero-order valence-electron chi connectivity index (χ0n) is 18.6. The number of rotatable bonds is 21. The molecule has 0 spiro atoms. The summed E-state index contributed by atoms with van der Waals surface area (Å²) in [5.74, 6) is -3.39. The van der Waals surface area contributed by atoms with Crippen molar-refractivity contribution in [3.63, 3.8) is 0 Å². The van der Waals surface area contributed by atoms with Crippen molar-refractivity contribution in [1.29, 1.82) is 0 Å². The molecule has 0 heterocycles. The summed E-state index contributed by atoms with van der Waals surface area (Å²) in [5, 5.41) is 18.4. The second-order valence-electron chi connectivity index (χ2n) is 8.50. The topological polar surface area (TPSA) is 74.6 Å². The number of carboxylic acids is 2. The molecule has 0 aromatic rings. The van der Waals surface area contributed by atoms with Gasteiger partial charge in [-0.25, -0.2) is 0 Å². The van der Waals surface area contributed by atoms with Gasteiger partial charge in [0.25, 0.3) is 0 Å². The number of unbranched alkanes of at least 4 members (excludes halogenated alkanes) is 13. The SMILES string of the molecule is CCCCCCCCCCCCC(CCCCCCC)CC(C(=O)O)C(=O)O.[NaH]. The van der Waals surface area contributed by atoms with Crippen LogP contribution in [0.25, 0.3) is 0 Å². The summed E-state index contributed by atoms with van der Waals surface area (Å²) >= 11 is 0. The van der Waals surface area contributed by atoms with Gasteiger partial charge in [0, 0.05) is 0 Å². The van der Waals surface area contributed by atoms with E-state index in [0.717, 1.165) is 25.7 Å². The van der Waals surface area contributed by atoms with Crippen molar-refractivity contribution < 1.29 is 19.8 Å². The zero-order valence-corrected chi connectivity index (χ0v) is 18.6. The second kappa shape index (κ2) is 22.6. The van der Waals surface area contributed by atoms with Crippen LogP contribution in [0.2, 0.25) is 0 Å². The first-order valence-electron chi connectivity index (χ1n) is 12.0. The molecule has 0 saturated carbocycles. The first kappa shape index (κ1) is 31.1. The Labute approximate surface area is 201 Å². The summed E-state index contributed by atoms with van der Waals surface area (Å²) in [4.78, 5) is 22.5. The predicted molar refractivity (Wildman–Crippen MR) is 124 cm³/mol. The van der Waals surface area contributed by atoms with Crippen LogP contribution in [0.5, 0.6) is 0 Å². The van der Waals surface area contributed by atoms with Crippen molar-refractivity contribution in [2.75, 3.05) is 0 Å². The third-order valence-corrected chi connectivity index (χ3v) is 5.85. The quantitative estimate of drug-likeness (QED) is 0.121. The van der Waals surface area contributed by atoms with Crippen LogP contribution < -0.4 is 0 Å². The molecule has 1 unspecified atom stereocenters.